The Hall–Kier alpha value is -1.72. The molecule has 0 radical (unpaired) electrons. The maximum Gasteiger partial charge on any atom is 0.194 e. The zero-order chi connectivity index (χ0) is 20.8. The molecule has 166 valence electrons. The van der Waals surface area contributed by atoms with Gasteiger partial charge in [-0.05, 0) is 38.7 Å². The van der Waals surface area contributed by atoms with Crippen molar-refractivity contribution < 1.29 is 9.13 Å². The fourth-order valence-corrected chi connectivity index (χ4v) is 3.53. The van der Waals surface area contributed by atoms with E-state index in [1.54, 1.807) is 16.8 Å². The van der Waals surface area contributed by atoms with Gasteiger partial charge in [-0.3, -0.25) is 9.67 Å². The second-order valence-electron chi connectivity index (χ2n) is 7.48. The minimum Gasteiger partial charge on any atom is -0.370 e. The number of nitrogens with zero attached hydrogens (tertiary/aromatic N) is 5. The summed E-state index contributed by atoms with van der Waals surface area (Å²) < 4.78 is 21.5. The van der Waals surface area contributed by atoms with Gasteiger partial charge >= 0.3 is 0 Å². The van der Waals surface area contributed by atoms with Crippen molar-refractivity contribution in [3.63, 3.8) is 0 Å². The summed E-state index contributed by atoms with van der Waals surface area (Å²) in [5, 5.41) is 7.65. The van der Waals surface area contributed by atoms with Crippen LogP contribution < -0.4 is 5.32 Å². The largest absolute Gasteiger partial charge is 0.370 e. The molecule has 1 aromatic heterocycles. The summed E-state index contributed by atoms with van der Waals surface area (Å²) in [6.07, 6.45) is 3.81. The summed E-state index contributed by atoms with van der Waals surface area (Å²) in [5.41, 5.74) is 1.99. The van der Waals surface area contributed by atoms with Crippen LogP contribution in [-0.2, 0) is 11.8 Å². The first-order valence-electron chi connectivity index (χ1n) is 10.0. The summed E-state index contributed by atoms with van der Waals surface area (Å²) in [6.45, 7) is 5.49. The number of morpholine rings is 1. The number of benzene rings is 1. The molecule has 1 fully saturated rings. The molecule has 1 aliphatic heterocycles. The van der Waals surface area contributed by atoms with E-state index in [-0.39, 0.29) is 41.9 Å². The van der Waals surface area contributed by atoms with Gasteiger partial charge in [-0.1, -0.05) is 12.1 Å². The Kier molecular flexibility index (Phi) is 9.50. The predicted molar refractivity (Wildman–Crippen MR) is 128 cm³/mol. The molecule has 1 saturated heterocycles. The molecule has 0 bridgehead atoms. The molecule has 0 saturated carbocycles. The molecule has 1 aromatic carbocycles. The molecule has 0 aliphatic carbocycles. The van der Waals surface area contributed by atoms with Gasteiger partial charge in [-0.25, -0.2) is 4.39 Å². The number of rotatable bonds is 6. The van der Waals surface area contributed by atoms with Crippen molar-refractivity contribution in [2.45, 2.75) is 19.1 Å². The Morgan fingerprint density at radius 1 is 1.43 bits per heavy atom. The number of halogens is 2. The number of guanidine groups is 1. The van der Waals surface area contributed by atoms with Crippen LogP contribution in [0.2, 0.25) is 0 Å². The summed E-state index contributed by atoms with van der Waals surface area (Å²) >= 11 is 0. The third-order valence-electron chi connectivity index (χ3n) is 5.07. The molecule has 2 aromatic rings. The van der Waals surface area contributed by atoms with E-state index in [9.17, 15) is 4.39 Å². The first-order valence-corrected chi connectivity index (χ1v) is 10.0. The van der Waals surface area contributed by atoms with Crippen molar-refractivity contribution in [3.05, 3.63) is 53.6 Å². The Morgan fingerprint density at radius 2 is 2.23 bits per heavy atom. The van der Waals surface area contributed by atoms with Crippen LogP contribution >= 0.6 is 24.0 Å². The van der Waals surface area contributed by atoms with E-state index in [1.165, 1.54) is 6.07 Å². The first-order chi connectivity index (χ1) is 14.0. The molecule has 30 heavy (non-hydrogen) atoms. The van der Waals surface area contributed by atoms with E-state index in [2.05, 4.69) is 27.1 Å². The quantitative estimate of drug-likeness (QED) is 0.354. The molecular formula is C21H32FIN6O. The topological polar surface area (TPSA) is 57.9 Å². The van der Waals surface area contributed by atoms with Crippen molar-refractivity contribution in [1.29, 1.82) is 0 Å². The lowest BCUT2D eigenvalue weighted by atomic mass is 10.1. The van der Waals surface area contributed by atoms with Crippen LogP contribution in [0.1, 0.15) is 30.2 Å². The lowest BCUT2D eigenvalue weighted by molar-refractivity contribution is -0.00807. The number of ether oxygens (including phenoxy) is 1. The number of aryl methyl sites for hydroxylation is 1. The molecule has 9 heteroatoms. The SMILES string of the molecule is CCNC(=NCC(c1cccc(F)c1)N(C)C)N1CCOC(c2cnn(C)c2)C1.I. The molecule has 0 amide bonds. The Morgan fingerprint density at radius 3 is 2.87 bits per heavy atom. The number of aliphatic imine (C=N–C) groups is 1. The molecule has 7 nitrogen and oxygen atoms in total. The zero-order valence-electron chi connectivity index (χ0n) is 18.1. The fraction of sp³-hybridized carbons (Fsp3) is 0.524. The normalized spacial score (nSPS) is 18.3. The summed E-state index contributed by atoms with van der Waals surface area (Å²) in [5.74, 6) is 0.630. The highest BCUT2D eigenvalue weighted by Crippen LogP contribution is 2.23. The maximum atomic E-state index is 13.7. The number of likely N-dealkylation sites (N-methyl/N-ethyl adjacent to an activating group) is 1. The van der Waals surface area contributed by atoms with Gasteiger partial charge in [0.25, 0.3) is 0 Å². The van der Waals surface area contributed by atoms with E-state index in [1.807, 2.05) is 39.6 Å². The van der Waals surface area contributed by atoms with Crippen LogP contribution in [-0.4, -0.2) is 72.4 Å². The Labute approximate surface area is 195 Å². The van der Waals surface area contributed by atoms with Gasteiger partial charge < -0.3 is 19.9 Å². The number of nitrogens with one attached hydrogen (secondary N) is 1. The predicted octanol–water partition coefficient (Wildman–Crippen LogP) is 2.82. The Bertz CT molecular complexity index is 827. The van der Waals surface area contributed by atoms with Gasteiger partial charge in [0.15, 0.2) is 5.96 Å². The van der Waals surface area contributed by atoms with Gasteiger partial charge in [0.05, 0.1) is 31.9 Å². The van der Waals surface area contributed by atoms with Crippen LogP contribution in [0.4, 0.5) is 4.39 Å². The van der Waals surface area contributed by atoms with Gasteiger partial charge in [-0.15, -0.1) is 24.0 Å². The molecule has 1 aliphatic rings. The lowest BCUT2D eigenvalue weighted by Gasteiger charge is -2.35. The van der Waals surface area contributed by atoms with Gasteiger partial charge in [0.1, 0.15) is 11.9 Å². The molecule has 0 spiro atoms. The van der Waals surface area contributed by atoms with E-state index in [0.29, 0.717) is 19.7 Å². The van der Waals surface area contributed by atoms with E-state index >= 15 is 0 Å². The standard InChI is InChI=1S/C21H31FN6O.HI/c1-5-23-21(24-13-19(26(2)3)16-7-6-8-18(22)11-16)28-9-10-29-20(15-28)17-12-25-27(4)14-17;/h6-8,11-12,14,19-20H,5,9-10,13,15H2,1-4H3,(H,23,24);1H. The molecule has 2 atom stereocenters. The third kappa shape index (κ3) is 6.39. The summed E-state index contributed by atoms with van der Waals surface area (Å²) in [6, 6.07) is 6.74. The number of aromatic nitrogens is 2. The molecular weight excluding hydrogens is 498 g/mol. The lowest BCUT2D eigenvalue weighted by Crippen LogP contribution is -2.48. The Balaban J connectivity index is 0.00000320. The van der Waals surface area contributed by atoms with Crippen molar-refractivity contribution in [2.75, 3.05) is 46.9 Å². The molecule has 2 unspecified atom stereocenters. The van der Waals surface area contributed by atoms with E-state index < -0.39 is 0 Å². The highest BCUT2D eigenvalue weighted by Gasteiger charge is 2.25. The van der Waals surface area contributed by atoms with Crippen molar-refractivity contribution in [2.24, 2.45) is 12.0 Å². The second kappa shape index (κ2) is 11.6. The minimum absolute atomic E-state index is 0. The van der Waals surface area contributed by atoms with Gasteiger partial charge in [0, 0.05) is 31.9 Å². The summed E-state index contributed by atoms with van der Waals surface area (Å²) in [7, 11) is 5.89. The van der Waals surface area contributed by atoms with E-state index in [4.69, 9.17) is 9.73 Å². The van der Waals surface area contributed by atoms with Crippen LogP contribution in [0.3, 0.4) is 0 Å². The maximum absolute atomic E-state index is 13.7. The smallest absolute Gasteiger partial charge is 0.194 e. The van der Waals surface area contributed by atoms with E-state index in [0.717, 1.165) is 30.2 Å². The van der Waals surface area contributed by atoms with Gasteiger partial charge in [-0.2, -0.15) is 5.10 Å². The minimum atomic E-state index is -0.224. The third-order valence-corrected chi connectivity index (χ3v) is 5.07. The van der Waals surface area contributed by atoms with Gasteiger partial charge in [0.2, 0.25) is 0 Å². The van der Waals surface area contributed by atoms with Crippen LogP contribution in [0.25, 0.3) is 0 Å². The molecule has 3 rings (SSSR count). The summed E-state index contributed by atoms with van der Waals surface area (Å²) in [4.78, 5) is 9.18. The monoisotopic (exact) mass is 530 g/mol. The van der Waals surface area contributed by atoms with Crippen LogP contribution in [0.15, 0.2) is 41.7 Å². The number of hydrogen-bond donors (Lipinski definition) is 1. The zero-order valence-corrected chi connectivity index (χ0v) is 20.4. The second-order valence-corrected chi connectivity index (χ2v) is 7.48. The average molecular weight is 530 g/mol. The van der Waals surface area contributed by atoms with Crippen molar-refractivity contribution >= 4 is 29.9 Å². The van der Waals surface area contributed by atoms with Crippen molar-refractivity contribution in [3.8, 4) is 0 Å². The fourth-order valence-electron chi connectivity index (χ4n) is 3.53. The first kappa shape index (κ1) is 24.5. The van der Waals surface area contributed by atoms with Crippen LogP contribution in [0, 0.1) is 5.82 Å². The highest BCUT2D eigenvalue weighted by atomic mass is 127. The molecule has 1 N–H and O–H groups in total. The van der Waals surface area contributed by atoms with Crippen LogP contribution in [0.5, 0.6) is 0 Å². The highest BCUT2D eigenvalue weighted by molar-refractivity contribution is 14.0. The molecule has 2 heterocycles. The number of hydrogen-bond acceptors (Lipinski definition) is 4. The van der Waals surface area contributed by atoms with Crippen molar-refractivity contribution in [1.82, 2.24) is 24.9 Å². The average Bonchev–Trinajstić information content (AvgIpc) is 3.14.